The van der Waals surface area contributed by atoms with Crippen LogP contribution in [-0.2, 0) is 28.4 Å². The molecular formula is C70H91Br3F6N12O21. The number of fused-ring (bicyclic) bond motifs is 8. The lowest BCUT2D eigenvalue weighted by atomic mass is 9.83. The predicted octanol–water partition coefficient (Wildman–Crippen LogP) is 4.67. The van der Waals surface area contributed by atoms with Crippen molar-refractivity contribution in [1.82, 2.24) is 57.3 Å². The number of nitrogens with zero attached hydrogens (tertiary/aromatic N) is 8. The predicted molar refractivity (Wildman–Crippen MR) is 399 cm³/mol. The van der Waals surface area contributed by atoms with Crippen LogP contribution in [-0.4, -0.2) is 192 Å². The summed E-state index contributed by atoms with van der Waals surface area (Å²) in [5.74, 6) is -2.59. The highest BCUT2D eigenvalue weighted by Gasteiger charge is 2.60. The molecular weight excluding hydrogens is 1700 g/mol. The highest BCUT2D eigenvalue weighted by atomic mass is 79.9. The molecule has 7 N–H and O–H groups in total. The molecule has 6 saturated heterocycles. The van der Waals surface area contributed by atoms with Gasteiger partial charge >= 0.3 is 34.8 Å². The molecule has 112 heavy (non-hydrogen) atoms. The molecule has 0 amide bonds. The molecule has 42 heteroatoms. The fourth-order valence-electron chi connectivity index (χ4n) is 14.8. The quantitative estimate of drug-likeness (QED) is 0.0575. The van der Waals surface area contributed by atoms with Crippen molar-refractivity contribution in [3.05, 3.63) is 178 Å². The van der Waals surface area contributed by atoms with Crippen molar-refractivity contribution >= 4 is 47.8 Å². The number of nitrogens with one attached hydrogen (secondary N) is 4. The maximum absolute atomic E-state index is 14.4. The van der Waals surface area contributed by atoms with Gasteiger partial charge in [0.15, 0.2) is 74.4 Å². The van der Waals surface area contributed by atoms with E-state index >= 15 is 0 Å². The first-order chi connectivity index (χ1) is 52.9. The third-order valence-electron chi connectivity index (χ3n) is 23.0. The van der Waals surface area contributed by atoms with Gasteiger partial charge in [-0.15, -0.1) is 0 Å². The third-order valence-corrected chi connectivity index (χ3v) is 25.9. The van der Waals surface area contributed by atoms with E-state index in [2.05, 4.69) is 67.7 Å². The van der Waals surface area contributed by atoms with Crippen LogP contribution in [0.3, 0.4) is 0 Å². The Morgan fingerprint density at radius 1 is 0.366 bits per heavy atom. The largest absolute Gasteiger partial charge is 0.461 e. The van der Waals surface area contributed by atoms with E-state index < -0.39 is 189 Å². The van der Waals surface area contributed by atoms with Crippen LogP contribution in [0.2, 0.25) is 0 Å². The second-order valence-corrected chi connectivity index (χ2v) is 30.4. The minimum Gasteiger partial charge on any atom is -0.461 e. The van der Waals surface area contributed by atoms with Crippen molar-refractivity contribution in [2.24, 2.45) is 35.5 Å². The number of rotatable bonds is 14. The molecule has 33 nitrogen and oxygen atoms in total. The first-order valence-electron chi connectivity index (χ1n) is 36.1. The summed E-state index contributed by atoms with van der Waals surface area (Å²) < 4.78 is 138. The summed E-state index contributed by atoms with van der Waals surface area (Å²) in [5, 5.41) is 29.2. The Kier molecular flexibility index (Phi) is 28.4. The van der Waals surface area contributed by atoms with Crippen LogP contribution < -0.4 is 65.6 Å². The lowest BCUT2D eigenvalue weighted by molar-refractivity contribution is -0.136. The highest BCUT2D eigenvalue weighted by molar-refractivity contribution is 9.09. The standard InChI is InChI=1S/C13H19FN2O3.C12H16BrFN2O3.C12H15FN2O3.C11H14BrFN2O4.C11H12BrFN2O3.C11H15FN2O5/c1-4-13(5-2)8(3)10(14)11(19-13)16-7-6-9(17)15-12(16)18;1-3-12(6-13)7(2)9(14)10(19-12)16-5-4-8(17)15-11(16)18;1-3-12-6-17-11-14-8(16)4-5-15(11)10(18-12)9(13)7(12)2;1-6-8(13)9(19-11(6,4-12)5-16)15-3-2-7(17)14-10(15)18;1-6-8(13)9-15-3-2-7(16)14-10(15)17-5-11(6,4-12)18-9;1-6-8(12)9(19-11(6,4-15)5-16)14-3-2-7(17)13-10(14)18/h6-8,10-11H,4-5H2,1-3H3,(H,15,17,18);4-5,7,9-10H,3,6H2,1-2H3,(H,15,17,18);4-5,7,9-10H,3,6H2,1-2H3;2-3,6,8-9,16H,4-5H2,1H3,(H,14,17,18);2-3,6,8-9H,4-5H2,1H3;2-3,6,8-9,15-16H,4-5H2,1H3,(H,13,17,18)/t8-,10-,11+;7-,9-,10+,12-;7-,9-,10+,12+;2*6-,8-,9+,11+;6-,8-,9+/m000000/s1. The lowest BCUT2D eigenvalue weighted by Gasteiger charge is -2.30. The Balaban J connectivity index is 0.000000154. The summed E-state index contributed by atoms with van der Waals surface area (Å²) in [6.07, 6.45) is -3.45. The molecule has 14 rings (SSSR count). The molecule has 6 fully saturated rings. The first kappa shape index (κ1) is 88.7. The van der Waals surface area contributed by atoms with Crippen LogP contribution in [0.4, 0.5) is 26.3 Å². The smallest absolute Gasteiger partial charge is 0.330 e. The molecule has 8 aliphatic rings. The Hall–Kier alpha value is -7.26. The normalized spacial score (nSPS) is 33.9. The van der Waals surface area contributed by atoms with Gasteiger partial charge < -0.3 is 53.2 Å². The van der Waals surface area contributed by atoms with Crippen LogP contribution in [0.25, 0.3) is 0 Å². The fraction of sp³-hybridized carbons (Fsp3) is 0.657. The molecule has 14 heterocycles. The summed E-state index contributed by atoms with van der Waals surface area (Å²) in [6.45, 7) is 16.9. The van der Waals surface area contributed by atoms with Crippen molar-refractivity contribution < 1.29 is 79.6 Å². The molecule has 0 aromatic carbocycles. The number of hydrogen-bond donors (Lipinski definition) is 7. The molecule has 620 valence electrons. The molecule has 6 aromatic rings. The second-order valence-electron chi connectivity index (χ2n) is 28.7. The maximum atomic E-state index is 14.4. The Morgan fingerprint density at radius 3 is 0.920 bits per heavy atom. The molecule has 0 unspecified atom stereocenters. The SMILES string of the molecule is CCC1(CC)O[C@@H](n2ccc(=O)[nH]c2=O)[C@@H](F)[C@@H]1C.CC[C@@]1(CBr)O[C@@H](n2ccc(=O)[nH]c2=O)[C@@H](F)[C@@H]1C.CC[C@]12COc3nc(=O)ccn3[C@H](O1)[C@@H](F)[C@@H]2C.C[C@H]1[C@H](F)[C@H](n2ccc(=O)[nH]c2=O)OC1(CO)CO.C[C@H]1[C@H](F)[C@H](n2ccc(=O)[nH]c2=O)O[C@@]1(CO)CBr.C[C@H]1[C@H](F)[C@H]2O[C@]1(CBr)COc1nc(=O)ccn12. The summed E-state index contributed by atoms with van der Waals surface area (Å²) >= 11 is 9.90. The van der Waals surface area contributed by atoms with Crippen molar-refractivity contribution in [3.63, 3.8) is 0 Å². The molecule has 0 saturated carbocycles. The van der Waals surface area contributed by atoms with Gasteiger partial charge in [-0.05, 0) is 25.7 Å². The van der Waals surface area contributed by atoms with E-state index in [9.17, 15) is 89.6 Å². The van der Waals surface area contributed by atoms with Gasteiger partial charge in [0, 0.05) is 125 Å². The van der Waals surface area contributed by atoms with Crippen molar-refractivity contribution in [2.45, 2.75) is 203 Å². The second kappa shape index (κ2) is 35.9. The van der Waals surface area contributed by atoms with Gasteiger partial charge in [0.05, 0.1) is 31.0 Å². The fourth-order valence-corrected chi connectivity index (χ4v) is 17.4. The Morgan fingerprint density at radius 2 is 0.634 bits per heavy atom. The minimum absolute atomic E-state index is 0.116. The van der Waals surface area contributed by atoms with Gasteiger partial charge in [-0.25, -0.2) is 45.5 Å². The van der Waals surface area contributed by atoms with Crippen LogP contribution in [0.5, 0.6) is 12.0 Å². The Bertz CT molecular complexity index is 4380. The van der Waals surface area contributed by atoms with Crippen molar-refractivity contribution in [1.29, 1.82) is 0 Å². The zero-order chi connectivity index (χ0) is 82.7. The first-order valence-corrected chi connectivity index (χ1v) is 39.4. The molecule has 0 aliphatic carbocycles. The van der Waals surface area contributed by atoms with Gasteiger partial charge in [-0.1, -0.05) is 117 Å². The Labute approximate surface area is 658 Å². The number of aliphatic hydroxyl groups excluding tert-OH is 3. The highest BCUT2D eigenvalue weighted by Crippen LogP contribution is 2.52. The number of aromatic nitrogens is 12. The zero-order valence-electron chi connectivity index (χ0n) is 62.5. The van der Waals surface area contributed by atoms with E-state index in [4.69, 9.17) is 37.9 Å². The summed E-state index contributed by atoms with van der Waals surface area (Å²) in [7, 11) is 0. The van der Waals surface area contributed by atoms with Crippen LogP contribution in [0, 0.1) is 35.5 Å². The zero-order valence-corrected chi connectivity index (χ0v) is 67.2. The average molecular weight is 1790 g/mol. The van der Waals surface area contributed by atoms with Crippen LogP contribution in [0.1, 0.15) is 132 Å². The van der Waals surface area contributed by atoms with E-state index in [1.54, 1.807) is 27.7 Å². The van der Waals surface area contributed by atoms with E-state index in [0.29, 0.717) is 36.3 Å². The molecule has 6 aromatic heterocycles. The molecule has 0 spiro atoms. The van der Waals surface area contributed by atoms with Gasteiger partial charge in [0.2, 0.25) is 0 Å². The van der Waals surface area contributed by atoms with Gasteiger partial charge in [0.25, 0.3) is 33.4 Å². The van der Waals surface area contributed by atoms with E-state index in [0.717, 1.165) is 36.6 Å². The number of aliphatic hydroxyl groups is 3. The molecule has 0 radical (unpaired) electrons. The van der Waals surface area contributed by atoms with E-state index in [1.807, 2.05) is 44.6 Å². The van der Waals surface area contributed by atoms with Gasteiger partial charge in [-0.3, -0.25) is 76.1 Å². The molecule has 8 aliphatic heterocycles. The number of hydrogen-bond acceptors (Lipinski definition) is 23. The van der Waals surface area contributed by atoms with E-state index in [-0.39, 0.29) is 60.8 Å². The number of aromatic amines is 4. The maximum Gasteiger partial charge on any atom is 0.330 e. The summed E-state index contributed by atoms with van der Waals surface area (Å²) in [4.78, 5) is 129. The number of ether oxygens (including phenoxy) is 8. The van der Waals surface area contributed by atoms with Crippen molar-refractivity contribution in [3.8, 4) is 12.0 Å². The number of alkyl halides is 9. The lowest BCUT2D eigenvalue weighted by Crippen LogP contribution is -2.43. The summed E-state index contributed by atoms with van der Waals surface area (Å²) in [5.41, 5.74) is -10.9. The monoisotopic (exact) mass is 1790 g/mol. The van der Waals surface area contributed by atoms with Crippen LogP contribution in [0.15, 0.2) is 122 Å². The number of H-pyrrole nitrogens is 4. The third kappa shape index (κ3) is 16.9. The van der Waals surface area contributed by atoms with Gasteiger partial charge in [0.1, 0.15) is 35.6 Å². The topological polar surface area (TPSA) is 424 Å². The number of halogens is 9. The molecule has 22 atom stereocenters. The van der Waals surface area contributed by atoms with Crippen molar-refractivity contribution in [2.75, 3.05) is 49.0 Å². The van der Waals surface area contributed by atoms with E-state index in [1.165, 1.54) is 71.3 Å². The average Bonchev–Trinajstić information content (AvgIpc) is 1.62. The van der Waals surface area contributed by atoms with Crippen LogP contribution >= 0.6 is 47.8 Å². The van der Waals surface area contributed by atoms with Gasteiger partial charge in [-0.2, -0.15) is 9.97 Å². The minimum atomic E-state index is -1.59. The summed E-state index contributed by atoms with van der Waals surface area (Å²) in [6, 6.07) is 7.37. The molecule has 4 bridgehead atoms.